The van der Waals surface area contributed by atoms with Crippen molar-refractivity contribution in [3.8, 4) is 0 Å². The van der Waals surface area contributed by atoms with Gasteiger partial charge in [0.1, 0.15) is 0 Å². The van der Waals surface area contributed by atoms with Gasteiger partial charge in [0.05, 0.1) is 11.2 Å². The molecule has 1 aromatic carbocycles. The molecule has 2 bridgehead atoms. The molecule has 1 aliphatic heterocycles. The first-order valence-electron chi connectivity index (χ1n) is 9.60. The summed E-state index contributed by atoms with van der Waals surface area (Å²) in [4.78, 5) is 0. The molecule has 5 fully saturated rings. The zero-order valence-corrected chi connectivity index (χ0v) is 15.7. The molecule has 2 nitrogen and oxygen atoms in total. The standard InChI is InChI=1S/C21H29BO2/c1-17(2)18(3,4)24-22(23-17)21-13-20(14-21,16-9-7-6-8-10-16)19(21,5)15-11-12-15/h6-10,15H,11-14H2,1-5H3/t19-,20?,21?/m0/s1. The van der Waals surface area contributed by atoms with E-state index in [1.807, 2.05) is 0 Å². The molecule has 0 spiro atoms. The van der Waals surface area contributed by atoms with Crippen LogP contribution in [0.4, 0.5) is 0 Å². The van der Waals surface area contributed by atoms with E-state index in [0.717, 1.165) is 5.92 Å². The zero-order chi connectivity index (χ0) is 17.0. The fourth-order valence-electron chi connectivity index (χ4n) is 6.22. The van der Waals surface area contributed by atoms with Crippen LogP contribution in [0.1, 0.15) is 65.9 Å². The molecule has 0 aromatic heterocycles. The van der Waals surface area contributed by atoms with Crippen LogP contribution in [-0.2, 0) is 14.7 Å². The summed E-state index contributed by atoms with van der Waals surface area (Å²) in [5.41, 5.74) is 1.79. The number of rotatable bonds is 3. The van der Waals surface area contributed by atoms with Crippen molar-refractivity contribution in [2.75, 3.05) is 0 Å². The number of hydrogen-bond acceptors (Lipinski definition) is 2. The molecule has 3 heteroatoms. The number of benzene rings is 1. The summed E-state index contributed by atoms with van der Waals surface area (Å²) in [5, 5.41) is 0.217. The SMILES string of the molecule is CC1(C)OB(C23CC(c4ccccc4)(C2)[C@]3(C)C2CC2)OC1(C)C. The van der Waals surface area contributed by atoms with Crippen molar-refractivity contribution in [1.82, 2.24) is 0 Å². The molecule has 4 aliphatic carbocycles. The van der Waals surface area contributed by atoms with Crippen LogP contribution in [0.15, 0.2) is 30.3 Å². The molecule has 0 N–H and O–H groups in total. The molecule has 1 heterocycles. The molecule has 4 saturated carbocycles. The van der Waals surface area contributed by atoms with Crippen LogP contribution in [-0.4, -0.2) is 18.3 Å². The topological polar surface area (TPSA) is 18.5 Å². The van der Waals surface area contributed by atoms with Crippen LogP contribution in [0.5, 0.6) is 0 Å². The van der Waals surface area contributed by atoms with Gasteiger partial charge in [-0.1, -0.05) is 37.3 Å². The third kappa shape index (κ3) is 1.45. The van der Waals surface area contributed by atoms with Crippen molar-refractivity contribution in [1.29, 1.82) is 0 Å². The molecule has 5 aliphatic rings. The smallest absolute Gasteiger partial charge is 0.403 e. The first kappa shape index (κ1) is 15.5. The van der Waals surface area contributed by atoms with Gasteiger partial charge in [0.2, 0.25) is 0 Å². The normalized spacial score (nSPS) is 44.8. The molecule has 0 amide bonds. The molecule has 1 saturated heterocycles. The van der Waals surface area contributed by atoms with Crippen molar-refractivity contribution in [3.63, 3.8) is 0 Å². The maximum atomic E-state index is 6.54. The van der Waals surface area contributed by atoms with Crippen molar-refractivity contribution >= 4 is 7.12 Å². The molecular weight excluding hydrogens is 295 g/mol. The zero-order valence-electron chi connectivity index (χ0n) is 15.7. The first-order valence-corrected chi connectivity index (χ1v) is 9.60. The summed E-state index contributed by atoms with van der Waals surface area (Å²) in [6, 6.07) is 11.2. The third-order valence-electron chi connectivity index (χ3n) is 8.69. The molecule has 0 radical (unpaired) electrons. The van der Waals surface area contributed by atoms with E-state index >= 15 is 0 Å². The molecule has 1 atom stereocenters. The van der Waals surface area contributed by atoms with Gasteiger partial charge in [0.25, 0.3) is 0 Å². The maximum absolute atomic E-state index is 6.54. The second-order valence-electron chi connectivity index (χ2n) is 10.0. The van der Waals surface area contributed by atoms with Crippen molar-refractivity contribution in [3.05, 3.63) is 35.9 Å². The van der Waals surface area contributed by atoms with Crippen LogP contribution in [0, 0.1) is 11.3 Å². The van der Waals surface area contributed by atoms with Crippen molar-refractivity contribution < 1.29 is 9.31 Å². The molecule has 0 unspecified atom stereocenters. The van der Waals surface area contributed by atoms with Crippen LogP contribution >= 0.6 is 0 Å². The Morgan fingerprint density at radius 1 is 0.875 bits per heavy atom. The van der Waals surface area contributed by atoms with Crippen LogP contribution in [0.3, 0.4) is 0 Å². The van der Waals surface area contributed by atoms with Gasteiger partial charge in [-0.05, 0) is 70.3 Å². The average Bonchev–Trinajstić information content (AvgIpc) is 3.26. The van der Waals surface area contributed by atoms with Crippen molar-refractivity contribution in [2.24, 2.45) is 11.3 Å². The minimum absolute atomic E-state index is 0.0429. The average molecular weight is 324 g/mol. The lowest BCUT2D eigenvalue weighted by atomic mass is 9.12. The lowest BCUT2D eigenvalue weighted by Gasteiger charge is -2.84. The van der Waals surface area contributed by atoms with E-state index in [2.05, 4.69) is 65.0 Å². The predicted molar refractivity (Wildman–Crippen MR) is 97.0 cm³/mol. The summed E-state index contributed by atoms with van der Waals surface area (Å²) in [6.45, 7) is 11.3. The third-order valence-corrected chi connectivity index (χ3v) is 8.69. The minimum Gasteiger partial charge on any atom is -0.403 e. The van der Waals surface area contributed by atoms with Gasteiger partial charge in [-0.3, -0.25) is 0 Å². The molecule has 1 aromatic rings. The highest BCUT2D eigenvalue weighted by Gasteiger charge is 2.90. The fraction of sp³-hybridized carbons (Fsp3) is 0.714. The Morgan fingerprint density at radius 3 is 1.92 bits per heavy atom. The quantitative estimate of drug-likeness (QED) is 0.730. The Labute approximate surface area is 146 Å². The molecule has 128 valence electrons. The summed E-state index contributed by atoms with van der Waals surface area (Å²) in [5.74, 6) is 0.847. The van der Waals surface area contributed by atoms with E-state index in [9.17, 15) is 0 Å². The Bertz CT molecular complexity index is 669. The largest absolute Gasteiger partial charge is 0.465 e. The second-order valence-corrected chi connectivity index (χ2v) is 10.0. The van der Waals surface area contributed by atoms with Crippen LogP contribution in [0.25, 0.3) is 0 Å². The van der Waals surface area contributed by atoms with E-state index in [4.69, 9.17) is 9.31 Å². The van der Waals surface area contributed by atoms with Crippen molar-refractivity contribution in [2.45, 2.75) is 82.2 Å². The van der Waals surface area contributed by atoms with E-state index in [1.165, 1.54) is 31.2 Å². The van der Waals surface area contributed by atoms with Gasteiger partial charge >= 0.3 is 7.12 Å². The van der Waals surface area contributed by atoms with Crippen LogP contribution in [0.2, 0.25) is 5.31 Å². The summed E-state index contributed by atoms with van der Waals surface area (Å²) in [7, 11) is -0.0429. The van der Waals surface area contributed by atoms with Gasteiger partial charge < -0.3 is 9.31 Å². The van der Waals surface area contributed by atoms with Gasteiger partial charge in [0.15, 0.2) is 0 Å². The van der Waals surface area contributed by atoms with E-state index in [-0.39, 0.29) is 23.6 Å². The Balaban J connectivity index is 1.52. The maximum Gasteiger partial charge on any atom is 0.465 e. The summed E-state index contributed by atoms with van der Waals surface area (Å²) in [6.07, 6.45) is 5.22. The molecular formula is C21H29BO2. The Morgan fingerprint density at radius 2 is 1.42 bits per heavy atom. The van der Waals surface area contributed by atoms with E-state index in [1.54, 1.807) is 0 Å². The Kier molecular flexibility index (Phi) is 2.66. The van der Waals surface area contributed by atoms with Gasteiger partial charge in [0, 0.05) is 10.7 Å². The highest BCUT2D eigenvalue weighted by Crippen LogP contribution is 2.94. The first-order chi connectivity index (χ1) is 11.2. The lowest BCUT2D eigenvalue weighted by molar-refractivity contribution is -0.217. The van der Waals surface area contributed by atoms with Gasteiger partial charge in [-0.15, -0.1) is 0 Å². The number of hydrogen-bond donors (Lipinski definition) is 0. The van der Waals surface area contributed by atoms with E-state index < -0.39 is 0 Å². The summed E-state index contributed by atoms with van der Waals surface area (Å²) < 4.78 is 13.1. The highest BCUT2D eigenvalue weighted by molar-refractivity contribution is 6.51. The fourth-order valence-corrected chi connectivity index (χ4v) is 6.22. The Hall–Kier alpha value is -0.795. The minimum atomic E-state index is -0.225. The molecule has 24 heavy (non-hydrogen) atoms. The van der Waals surface area contributed by atoms with Crippen LogP contribution < -0.4 is 0 Å². The van der Waals surface area contributed by atoms with Gasteiger partial charge in [-0.25, -0.2) is 0 Å². The predicted octanol–water partition coefficient (Wildman–Crippen LogP) is 4.98. The molecule has 6 rings (SSSR count). The monoisotopic (exact) mass is 324 g/mol. The highest BCUT2D eigenvalue weighted by atomic mass is 16.7. The second kappa shape index (κ2) is 4.12. The lowest BCUT2D eigenvalue weighted by Crippen LogP contribution is -2.80. The van der Waals surface area contributed by atoms with E-state index in [0.29, 0.717) is 10.8 Å². The van der Waals surface area contributed by atoms with Gasteiger partial charge in [-0.2, -0.15) is 0 Å². The summed E-state index contributed by atoms with van der Waals surface area (Å²) >= 11 is 0.